The zero-order chi connectivity index (χ0) is 23.6. The fourth-order valence-electron chi connectivity index (χ4n) is 3.98. The van der Waals surface area contributed by atoms with Gasteiger partial charge in [0.1, 0.15) is 16.3 Å². The molecule has 0 aliphatic carbocycles. The number of halogens is 1. The number of fused-ring (bicyclic) bond motifs is 1. The van der Waals surface area contributed by atoms with E-state index in [1.54, 1.807) is 11.3 Å². The molecule has 3 heterocycles. The van der Waals surface area contributed by atoms with Crippen molar-refractivity contribution in [2.24, 2.45) is 0 Å². The van der Waals surface area contributed by atoms with Crippen LogP contribution in [0.15, 0.2) is 101 Å². The molecule has 3 aromatic heterocycles. The number of hydrogen-bond acceptors (Lipinski definition) is 6. The number of benzene rings is 3. The van der Waals surface area contributed by atoms with E-state index in [2.05, 4.69) is 28.0 Å². The number of anilines is 1. The molecule has 1 N–H and O–H groups in total. The van der Waals surface area contributed by atoms with Gasteiger partial charge in [0.05, 0.1) is 17.0 Å². The molecule has 170 valence electrons. The molecule has 0 unspecified atom stereocenters. The molecule has 6 rings (SSSR count). The molecule has 0 saturated heterocycles. The number of thiophene rings is 1. The van der Waals surface area contributed by atoms with E-state index in [9.17, 15) is 0 Å². The van der Waals surface area contributed by atoms with Gasteiger partial charge in [-0.1, -0.05) is 95.6 Å². The SMILES string of the molecule is Clc1ccccc1-c1cc(CNc2nc(-c3ccccc3)nc3scc(-c4ccccc4)c23)on1. The first-order valence-corrected chi connectivity index (χ1v) is 12.4. The smallest absolute Gasteiger partial charge is 0.163 e. The Morgan fingerprint density at radius 1 is 0.800 bits per heavy atom. The summed E-state index contributed by atoms with van der Waals surface area (Å²) in [6.07, 6.45) is 0. The van der Waals surface area contributed by atoms with Crippen molar-refractivity contribution in [3.63, 3.8) is 0 Å². The van der Waals surface area contributed by atoms with Gasteiger partial charge in [-0.2, -0.15) is 0 Å². The summed E-state index contributed by atoms with van der Waals surface area (Å²) in [4.78, 5) is 10.7. The lowest BCUT2D eigenvalue weighted by atomic mass is 10.1. The molecule has 0 spiro atoms. The Kier molecular flexibility index (Phi) is 5.74. The Hall–Kier alpha value is -4.00. The summed E-state index contributed by atoms with van der Waals surface area (Å²) < 4.78 is 5.61. The minimum atomic E-state index is 0.419. The maximum Gasteiger partial charge on any atom is 0.163 e. The normalized spacial score (nSPS) is 11.1. The summed E-state index contributed by atoms with van der Waals surface area (Å²) in [6.45, 7) is 0.419. The van der Waals surface area contributed by atoms with Crippen LogP contribution in [-0.4, -0.2) is 15.1 Å². The largest absolute Gasteiger partial charge is 0.362 e. The third kappa shape index (κ3) is 4.30. The monoisotopic (exact) mass is 494 g/mol. The van der Waals surface area contributed by atoms with Crippen molar-refractivity contribution in [3.05, 3.63) is 107 Å². The van der Waals surface area contributed by atoms with E-state index in [1.165, 1.54) is 0 Å². The standard InChI is InChI=1S/C28H19ClN4OS/c29-23-14-8-7-13-21(23)24-15-20(34-33-24)16-30-27-25-22(18-9-3-1-4-10-18)17-35-28(25)32-26(31-27)19-11-5-2-6-12-19/h1-15,17H,16H2,(H,30,31,32). The molecular formula is C28H19ClN4OS. The molecule has 3 aromatic carbocycles. The molecular weight excluding hydrogens is 476 g/mol. The van der Waals surface area contributed by atoms with E-state index >= 15 is 0 Å². The first-order valence-electron chi connectivity index (χ1n) is 11.1. The number of nitrogens with one attached hydrogen (secondary N) is 1. The van der Waals surface area contributed by atoms with Crippen molar-refractivity contribution in [1.29, 1.82) is 0 Å². The van der Waals surface area contributed by atoms with E-state index in [0.717, 1.165) is 38.3 Å². The van der Waals surface area contributed by atoms with Gasteiger partial charge in [-0.25, -0.2) is 9.97 Å². The van der Waals surface area contributed by atoms with Gasteiger partial charge in [-0.05, 0) is 11.6 Å². The molecule has 0 radical (unpaired) electrons. The van der Waals surface area contributed by atoms with Gasteiger partial charge in [-0.15, -0.1) is 11.3 Å². The molecule has 0 aliphatic heterocycles. The van der Waals surface area contributed by atoms with Crippen LogP contribution in [0, 0.1) is 0 Å². The van der Waals surface area contributed by atoms with Gasteiger partial charge in [-0.3, -0.25) is 0 Å². The second-order valence-electron chi connectivity index (χ2n) is 7.97. The minimum absolute atomic E-state index is 0.419. The number of nitrogens with zero attached hydrogens (tertiary/aromatic N) is 3. The van der Waals surface area contributed by atoms with Crippen LogP contribution in [0.5, 0.6) is 0 Å². The maximum atomic E-state index is 6.33. The first-order chi connectivity index (χ1) is 17.3. The Morgan fingerprint density at radius 2 is 1.51 bits per heavy atom. The molecule has 0 fully saturated rings. The minimum Gasteiger partial charge on any atom is -0.362 e. The highest BCUT2D eigenvalue weighted by Crippen LogP contribution is 2.38. The van der Waals surface area contributed by atoms with Crippen molar-refractivity contribution in [2.75, 3.05) is 5.32 Å². The molecule has 6 aromatic rings. The zero-order valence-electron chi connectivity index (χ0n) is 18.5. The Morgan fingerprint density at radius 3 is 2.29 bits per heavy atom. The Labute approximate surface area is 211 Å². The van der Waals surface area contributed by atoms with Gasteiger partial charge < -0.3 is 9.84 Å². The third-order valence-corrected chi connectivity index (χ3v) is 6.89. The zero-order valence-corrected chi connectivity index (χ0v) is 20.1. The van der Waals surface area contributed by atoms with Crippen molar-refractivity contribution in [1.82, 2.24) is 15.1 Å². The van der Waals surface area contributed by atoms with Crippen molar-refractivity contribution in [3.8, 4) is 33.8 Å². The quantitative estimate of drug-likeness (QED) is 0.254. The van der Waals surface area contributed by atoms with Crippen LogP contribution in [0.2, 0.25) is 5.02 Å². The van der Waals surface area contributed by atoms with Crippen molar-refractivity contribution < 1.29 is 4.52 Å². The van der Waals surface area contributed by atoms with Gasteiger partial charge >= 0.3 is 0 Å². The van der Waals surface area contributed by atoms with Gasteiger partial charge in [0.2, 0.25) is 0 Å². The fourth-order valence-corrected chi connectivity index (χ4v) is 5.16. The lowest BCUT2D eigenvalue weighted by Gasteiger charge is -2.10. The van der Waals surface area contributed by atoms with E-state index in [0.29, 0.717) is 28.8 Å². The highest BCUT2D eigenvalue weighted by molar-refractivity contribution is 7.17. The van der Waals surface area contributed by atoms with Crippen LogP contribution >= 0.6 is 22.9 Å². The van der Waals surface area contributed by atoms with E-state index in [-0.39, 0.29) is 0 Å². The van der Waals surface area contributed by atoms with Crippen LogP contribution in [-0.2, 0) is 6.54 Å². The summed E-state index contributed by atoms with van der Waals surface area (Å²) in [6, 6.07) is 29.8. The maximum absolute atomic E-state index is 6.33. The molecule has 0 aliphatic rings. The summed E-state index contributed by atoms with van der Waals surface area (Å²) in [5.41, 5.74) is 4.73. The van der Waals surface area contributed by atoms with Crippen LogP contribution in [0.3, 0.4) is 0 Å². The molecule has 5 nitrogen and oxygen atoms in total. The fraction of sp³-hybridized carbons (Fsp3) is 0.0357. The van der Waals surface area contributed by atoms with Crippen molar-refractivity contribution in [2.45, 2.75) is 6.54 Å². The summed E-state index contributed by atoms with van der Waals surface area (Å²) in [5, 5.41) is 11.5. The number of aromatic nitrogens is 3. The predicted octanol–water partition coefficient (Wildman–Crippen LogP) is 7.95. The Balaban J connectivity index is 1.39. The van der Waals surface area contributed by atoms with Crippen LogP contribution in [0.25, 0.3) is 44.0 Å². The summed E-state index contributed by atoms with van der Waals surface area (Å²) in [5.74, 6) is 2.12. The summed E-state index contributed by atoms with van der Waals surface area (Å²) in [7, 11) is 0. The third-order valence-electron chi connectivity index (χ3n) is 5.69. The number of hydrogen-bond donors (Lipinski definition) is 1. The van der Waals surface area contributed by atoms with Crippen LogP contribution in [0.4, 0.5) is 5.82 Å². The highest BCUT2D eigenvalue weighted by Gasteiger charge is 2.17. The second kappa shape index (κ2) is 9.33. The van der Waals surface area contributed by atoms with Gasteiger partial charge in [0.25, 0.3) is 0 Å². The lowest BCUT2D eigenvalue weighted by molar-refractivity contribution is 0.390. The highest BCUT2D eigenvalue weighted by atomic mass is 35.5. The van der Waals surface area contributed by atoms with Gasteiger partial charge in [0.15, 0.2) is 11.6 Å². The molecule has 0 saturated carbocycles. The average Bonchev–Trinajstić information content (AvgIpc) is 3.56. The van der Waals surface area contributed by atoms with Gasteiger partial charge in [0, 0.05) is 28.1 Å². The van der Waals surface area contributed by atoms with Crippen LogP contribution in [0.1, 0.15) is 5.76 Å². The molecule has 7 heteroatoms. The van der Waals surface area contributed by atoms with E-state index in [4.69, 9.17) is 26.1 Å². The average molecular weight is 495 g/mol. The van der Waals surface area contributed by atoms with E-state index in [1.807, 2.05) is 78.9 Å². The summed E-state index contributed by atoms with van der Waals surface area (Å²) >= 11 is 7.95. The van der Waals surface area contributed by atoms with Crippen LogP contribution < -0.4 is 5.32 Å². The molecule has 0 atom stereocenters. The first kappa shape index (κ1) is 21.5. The topological polar surface area (TPSA) is 63.8 Å². The second-order valence-corrected chi connectivity index (χ2v) is 9.23. The number of rotatable bonds is 6. The van der Waals surface area contributed by atoms with Crippen molar-refractivity contribution >= 4 is 39.0 Å². The molecule has 0 bridgehead atoms. The lowest BCUT2D eigenvalue weighted by Crippen LogP contribution is -2.03. The predicted molar refractivity (Wildman–Crippen MR) is 143 cm³/mol. The van der Waals surface area contributed by atoms with E-state index < -0.39 is 0 Å². The molecule has 35 heavy (non-hydrogen) atoms. The molecule has 0 amide bonds. The Bertz CT molecular complexity index is 1610.